The first-order chi connectivity index (χ1) is 8.40. The van der Waals surface area contributed by atoms with Gasteiger partial charge in [-0.3, -0.25) is 9.69 Å². The van der Waals surface area contributed by atoms with E-state index in [0.29, 0.717) is 6.04 Å². The zero-order valence-corrected chi connectivity index (χ0v) is 12.4. The first-order valence-corrected chi connectivity index (χ1v) is 7.13. The summed E-state index contributed by atoms with van der Waals surface area (Å²) in [5, 5.41) is 0. The first kappa shape index (κ1) is 15.4. The van der Waals surface area contributed by atoms with Gasteiger partial charge in [-0.25, -0.2) is 0 Å². The van der Waals surface area contributed by atoms with E-state index in [0.717, 1.165) is 39.1 Å². The van der Waals surface area contributed by atoms with Crippen LogP contribution in [0.3, 0.4) is 0 Å². The Morgan fingerprint density at radius 1 is 1.22 bits per heavy atom. The summed E-state index contributed by atoms with van der Waals surface area (Å²) in [6.07, 6.45) is 2.33. The molecular formula is C14H29N3O. The first-order valence-electron chi connectivity index (χ1n) is 7.13. The van der Waals surface area contributed by atoms with Crippen molar-refractivity contribution in [1.82, 2.24) is 9.80 Å². The minimum atomic E-state index is -0.265. The van der Waals surface area contributed by atoms with Gasteiger partial charge in [-0.1, -0.05) is 34.1 Å². The van der Waals surface area contributed by atoms with Crippen LogP contribution in [0, 0.1) is 5.41 Å². The molecule has 1 fully saturated rings. The largest absolute Gasteiger partial charge is 0.340 e. The molecule has 1 heterocycles. The van der Waals surface area contributed by atoms with Crippen molar-refractivity contribution in [3.63, 3.8) is 0 Å². The van der Waals surface area contributed by atoms with Crippen LogP contribution < -0.4 is 5.73 Å². The SMILES string of the molecule is CCCC(CN)N1CCN(C(=O)C(C)(C)C)CC1. The number of hydrogen-bond donors (Lipinski definition) is 1. The number of carbonyl (C=O) groups is 1. The molecule has 4 nitrogen and oxygen atoms in total. The maximum absolute atomic E-state index is 12.2. The molecule has 2 N–H and O–H groups in total. The van der Waals surface area contributed by atoms with Gasteiger partial charge < -0.3 is 10.6 Å². The number of piperazine rings is 1. The van der Waals surface area contributed by atoms with Crippen LogP contribution in [0.5, 0.6) is 0 Å². The molecule has 1 aliphatic rings. The molecule has 18 heavy (non-hydrogen) atoms. The van der Waals surface area contributed by atoms with Crippen LogP contribution in [0.1, 0.15) is 40.5 Å². The van der Waals surface area contributed by atoms with Gasteiger partial charge in [-0.15, -0.1) is 0 Å². The summed E-state index contributed by atoms with van der Waals surface area (Å²) in [5.74, 6) is 0.266. The van der Waals surface area contributed by atoms with Crippen LogP contribution in [0.25, 0.3) is 0 Å². The highest BCUT2D eigenvalue weighted by molar-refractivity contribution is 5.81. The van der Waals surface area contributed by atoms with Gasteiger partial charge in [-0.05, 0) is 6.42 Å². The zero-order valence-electron chi connectivity index (χ0n) is 12.4. The molecule has 106 valence electrons. The van der Waals surface area contributed by atoms with Gasteiger partial charge in [0.1, 0.15) is 0 Å². The normalized spacial score (nSPS) is 19.9. The smallest absolute Gasteiger partial charge is 0.228 e. The molecule has 1 rings (SSSR count). The molecule has 0 radical (unpaired) electrons. The lowest BCUT2D eigenvalue weighted by Crippen LogP contribution is -2.55. The number of carbonyl (C=O) groups excluding carboxylic acids is 1. The summed E-state index contributed by atoms with van der Waals surface area (Å²) < 4.78 is 0. The Balaban J connectivity index is 2.48. The number of nitrogens with zero attached hydrogens (tertiary/aromatic N) is 2. The minimum absolute atomic E-state index is 0.265. The lowest BCUT2D eigenvalue weighted by atomic mass is 9.94. The second-order valence-corrected chi connectivity index (χ2v) is 6.26. The molecule has 0 aliphatic carbocycles. The standard InChI is InChI=1S/C14H29N3O/c1-5-6-12(11-15)16-7-9-17(10-8-16)13(18)14(2,3)4/h12H,5-11,15H2,1-4H3. The van der Waals surface area contributed by atoms with Crippen LogP contribution in [-0.4, -0.2) is 54.5 Å². The minimum Gasteiger partial charge on any atom is -0.340 e. The maximum Gasteiger partial charge on any atom is 0.228 e. The quantitative estimate of drug-likeness (QED) is 0.824. The van der Waals surface area contributed by atoms with Gasteiger partial charge in [0, 0.05) is 44.2 Å². The Hall–Kier alpha value is -0.610. The topological polar surface area (TPSA) is 49.6 Å². The van der Waals surface area contributed by atoms with Crippen LogP contribution in [0.4, 0.5) is 0 Å². The van der Waals surface area contributed by atoms with Crippen LogP contribution >= 0.6 is 0 Å². The maximum atomic E-state index is 12.2. The third-order valence-electron chi connectivity index (χ3n) is 3.65. The molecule has 0 spiro atoms. The average molecular weight is 255 g/mol. The lowest BCUT2D eigenvalue weighted by molar-refractivity contribution is -0.141. The van der Waals surface area contributed by atoms with Crippen molar-refractivity contribution >= 4 is 5.91 Å². The van der Waals surface area contributed by atoms with E-state index in [1.54, 1.807) is 0 Å². The fourth-order valence-electron chi connectivity index (χ4n) is 2.55. The van der Waals surface area contributed by atoms with E-state index in [2.05, 4.69) is 11.8 Å². The Morgan fingerprint density at radius 2 is 1.78 bits per heavy atom. The molecule has 4 heteroatoms. The molecule has 1 aliphatic heterocycles. The highest BCUT2D eigenvalue weighted by Crippen LogP contribution is 2.19. The fourth-order valence-corrected chi connectivity index (χ4v) is 2.55. The predicted octanol–water partition coefficient (Wildman–Crippen LogP) is 1.30. The summed E-state index contributed by atoms with van der Waals surface area (Å²) in [6.45, 7) is 12.5. The highest BCUT2D eigenvalue weighted by atomic mass is 16.2. The van der Waals surface area contributed by atoms with Gasteiger partial charge >= 0.3 is 0 Å². The summed E-state index contributed by atoms with van der Waals surface area (Å²) in [4.78, 5) is 16.6. The van der Waals surface area contributed by atoms with Crippen LogP contribution in [-0.2, 0) is 4.79 Å². The van der Waals surface area contributed by atoms with E-state index in [9.17, 15) is 4.79 Å². The van der Waals surface area contributed by atoms with Gasteiger partial charge in [0.05, 0.1) is 0 Å². The Morgan fingerprint density at radius 3 is 2.17 bits per heavy atom. The highest BCUT2D eigenvalue weighted by Gasteiger charge is 2.30. The monoisotopic (exact) mass is 255 g/mol. The van der Waals surface area contributed by atoms with Crippen molar-refractivity contribution in [2.24, 2.45) is 11.1 Å². The van der Waals surface area contributed by atoms with Gasteiger partial charge in [-0.2, -0.15) is 0 Å². The van der Waals surface area contributed by atoms with E-state index in [-0.39, 0.29) is 11.3 Å². The Labute approximate surface area is 111 Å². The number of hydrogen-bond acceptors (Lipinski definition) is 3. The van der Waals surface area contributed by atoms with Crippen molar-refractivity contribution in [2.45, 2.75) is 46.6 Å². The van der Waals surface area contributed by atoms with Crippen molar-refractivity contribution in [3.05, 3.63) is 0 Å². The van der Waals surface area contributed by atoms with Gasteiger partial charge in [0.25, 0.3) is 0 Å². The van der Waals surface area contributed by atoms with E-state index >= 15 is 0 Å². The second-order valence-electron chi connectivity index (χ2n) is 6.26. The average Bonchev–Trinajstić information content (AvgIpc) is 2.34. The van der Waals surface area contributed by atoms with Gasteiger partial charge in [0.2, 0.25) is 5.91 Å². The van der Waals surface area contributed by atoms with E-state index in [1.807, 2.05) is 25.7 Å². The van der Waals surface area contributed by atoms with Crippen molar-refractivity contribution < 1.29 is 4.79 Å². The van der Waals surface area contributed by atoms with Crippen LogP contribution in [0.15, 0.2) is 0 Å². The molecule has 0 aromatic carbocycles. The summed E-state index contributed by atoms with van der Waals surface area (Å²) in [5.41, 5.74) is 5.57. The Bertz CT molecular complexity index is 265. The van der Waals surface area contributed by atoms with Crippen LogP contribution in [0.2, 0.25) is 0 Å². The fraction of sp³-hybridized carbons (Fsp3) is 0.929. The number of amides is 1. The lowest BCUT2D eigenvalue weighted by Gasteiger charge is -2.40. The van der Waals surface area contributed by atoms with E-state index in [4.69, 9.17) is 5.73 Å². The molecule has 0 saturated carbocycles. The third kappa shape index (κ3) is 3.95. The van der Waals surface area contributed by atoms with E-state index < -0.39 is 0 Å². The number of rotatable bonds is 4. The van der Waals surface area contributed by atoms with E-state index in [1.165, 1.54) is 6.42 Å². The Kier molecular flexibility index (Phi) is 5.60. The molecule has 1 amide bonds. The van der Waals surface area contributed by atoms with Crippen molar-refractivity contribution in [3.8, 4) is 0 Å². The molecule has 0 aromatic rings. The molecule has 1 atom stereocenters. The summed E-state index contributed by atoms with van der Waals surface area (Å²) in [7, 11) is 0. The number of nitrogens with two attached hydrogens (primary N) is 1. The molecule has 1 unspecified atom stereocenters. The zero-order chi connectivity index (χ0) is 13.8. The van der Waals surface area contributed by atoms with Crippen molar-refractivity contribution in [2.75, 3.05) is 32.7 Å². The summed E-state index contributed by atoms with van der Waals surface area (Å²) >= 11 is 0. The van der Waals surface area contributed by atoms with Crippen molar-refractivity contribution in [1.29, 1.82) is 0 Å². The second kappa shape index (κ2) is 6.53. The van der Waals surface area contributed by atoms with Gasteiger partial charge in [0.15, 0.2) is 0 Å². The molecule has 0 aromatic heterocycles. The molecule has 0 bridgehead atoms. The third-order valence-corrected chi connectivity index (χ3v) is 3.65. The molecular weight excluding hydrogens is 226 g/mol. The predicted molar refractivity (Wildman–Crippen MR) is 75.4 cm³/mol. The molecule has 1 saturated heterocycles. The summed E-state index contributed by atoms with van der Waals surface area (Å²) in [6, 6.07) is 0.488.